The highest BCUT2D eigenvalue weighted by molar-refractivity contribution is 5.85. The number of H-pyrrole nitrogens is 1. The molecule has 2 aromatic heterocycles. The quantitative estimate of drug-likeness (QED) is 0.526. The summed E-state index contributed by atoms with van der Waals surface area (Å²) in [4.78, 5) is 26.4. The van der Waals surface area contributed by atoms with Gasteiger partial charge in [-0.1, -0.05) is 18.2 Å². The second kappa shape index (κ2) is 9.36. The Bertz CT molecular complexity index is 1080. The number of methoxy groups -OCH3 is 1. The van der Waals surface area contributed by atoms with E-state index in [0.29, 0.717) is 24.4 Å². The van der Waals surface area contributed by atoms with E-state index in [1.165, 1.54) is 0 Å². The third kappa shape index (κ3) is 4.26. The SMILES string of the molecule is COc1nc2ccccc2cc1-c1cnc([C@@H]2C[C@@H](NCC3COC3)CCN2CC=O)[nH]1. The lowest BCUT2D eigenvalue weighted by Gasteiger charge is -2.39. The zero-order valence-corrected chi connectivity index (χ0v) is 18.3. The summed E-state index contributed by atoms with van der Waals surface area (Å²) in [7, 11) is 1.63. The van der Waals surface area contributed by atoms with Crippen LogP contribution in [-0.4, -0.2) is 72.1 Å². The minimum absolute atomic E-state index is 0.0530. The van der Waals surface area contributed by atoms with E-state index in [4.69, 9.17) is 14.5 Å². The van der Waals surface area contributed by atoms with Crippen LogP contribution in [0.15, 0.2) is 36.5 Å². The summed E-state index contributed by atoms with van der Waals surface area (Å²) in [6.45, 7) is 3.95. The summed E-state index contributed by atoms with van der Waals surface area (Å²) >= 11 is 0. The van der Waals surface area contributed by atoms with Crippen molar-refractivity contribution in [3.8, 4) is 17.1 Å². The van der Waals surface area contributed by atoms with Gasteiger partial charge < -0.3 is 24.6 Å². The molecule has 2 aliphatic heterocycles. The van der Waals surface area contributed by atoms with Crippen LogP contribution in [0.25, 0.3) is 22.2 Å². The van der Waals surface area contributed by atoms with Crippen LogP contribution in [-0.2, 0) is 9.53 Å². The van der Waals surface area contributed by atoms with Gasteiger partial charge in [0, 0.05) is 30.4 Å². The molecule has 2 fully saturated rings. The minimum Gasteiger partial charge on any atom is -0.480 e. The number of rotatable bonds is 8. The number of ether oxygens (including phenoxy) is 2. The summed E-state index contributed by atoms with van der Waals surface area (Å²) in [5.41, 5.74) is 2.63. The maximum Gasteiger partial charge on any atom is 0.223 e. The number of para-hydroxylation sites is 1. The van der Waals surface area contributed by atoms with Crippen LogP contribution in [0.1, 0.15) is 24.7 Å². The van der Waals surface area contributed by atoms with Crippen molar-refractivity contribution in [1.29, 1.82) is 0 Å². The van der Waals surface area contributed by atoms with E-state index in [9.17, 15) is 4.79 Å². The molecule has 0 radical (unpaired) electrons. The van der Waals surface area contributed by atoms with E-state index in [1.807, 2.05) is 30.5 Å². The lowest BCUT2D eigenvalue weighted by molar-refractivity contribution is -0.109. The van der Waals surface area contributed by atoms with Gasteiger partial charge in [0.2, 0.25) is 5.88 Å². The standard InChI is InChI=1S/C24H29N5O3/c1-31-24-19(10-17-4-2-3-5-20(17)28-24)21-13-26-23(27-21)22-11-18(6-7-29(22)8-9-30)25-12-16-14-32-15-16/h2-5,9-10,13,16,18,22,25H,6-8,11-12,14-15H2,1H3,(H,26,27)/t18-,22-/m0/s1. The predicted octanol–water partition coefficient (Wildman–Crippen LogP) is 2.57. The average Bonchev–Trinajstić information content (AvgIpc) is 3.28. The molecule has 0 unspecified atom stereocenters. The highest BCUT2D eigenvalue weighted by Crippen LogP contribution is 2.34. The van der Waals surface area contributed by atoms with E-state index in [-0.39, 0.29) is 6.04 Å². The number of nitrogens with one attached hydrogen (secondary N) is 2. The monoisotopic (exact) mass is 435 g/mol. The van der Waals surface area contributed by atoms with Gasteiger partial charge in [0.25, 0.3) is 0 Å². The number of pyridine rings is 1. The van der Waals surface area contributed by atoms with Gasteiger partial charge in [-0.05, 0) is 25.0 Å². The Labute approximate surface area is 187 Å². The number of aromatic nitrogens is 3. The Hall–Kier alpha value is -2.81. The summed E-state index contributed by atoms with van der Waals surface area (Å²) in [6, 6.07) is 10.5. The second-order valence-corrected chi connectivity index (χ2v) is 8.63. The van der Waals surface area contributed by atoms with Gasteiger partial charge in [0.15, 0.2) is 0 Å². The van der Waals surface area contributed by atoms with Gasteiger partial charge in [0.1, 0.15) is 12.1 Å². The topological polar surface area (TPSA) is 92.4 Å². The smallest absolute Gasteiger partial charge is 0.223 e. The Balaban J connectivity index is 1.39. The number of fused-ring (bicyclic) bond motifs is 1. The number of imidazole rings is 1. The fourth-order valence-electron chi connectivity index (χ4n) is 4.62. The van der Waals surface area contributed by atoms with Gasteiger partial charge >= 0.3 is 0 Å². The summed E-state index contributed by atoms with van der Waals surface area (Å²) < 4.78 is 10.9. The molecule has 2 N–H and O–H groups in total. The van der Waals surface area contributed by atoms with Gasteiger partial charge in [-0.3, -0.25) is 4.90 Å². The Morgan fingerprint density at radius 3 is 3.00 bits per heavy atom. The van der Waals surface area contributed by atoms with Gasteiger partial charge in [-0.15, -0.1) is 0 Å². The van der Waals surface area contributed by atoms with Crippen LogP contribution < -0.4 is 10.1 Å². The van der Waals surface area contributed by atoms with Crippen molar-refractivity contribution in [2.45, 2.75) is 24.9 Å². The van der Waals surface area contributed by atoms with E-state index < -0.39 is 0 Å². The van der Waals surface area contributed by atoms with E-state index in [1.54, 1.807) is 7.11 Å². The molecule has 2 aliphatic rings. The molecule has 0 amide bonds. The number of aromatic amines is 1. The zero-order valence-electron chi connectivity index (χ0n) is 18.3. The third-order valence-electron chi connectivity index (χ3n) is 6.51. The van der Waals surface area contributed by atoms with Crippen molar-refractivity contribution < 1.29 is 14.3 Å². The minimum atomic E-state index is 0.0530. The molecule has 32 heavy (non-hydrogen) atoms. The Morgan fingerprint density at radius 1 is 1.34 bits per heavy atom. The average molecular weight is 436 g/mol. The van der Waals surface area contributed by atoms with Crippen molar-refractivity contribution in [3.63, 3.8) is 0 Å². The fraction of sp³-hybridized carbons (Fsp3) is 0.458. The molecule has 0 aliphatic carbocycles. The first-order chi connectivity index (χ1) is 15.7. The number of benzene rings is 1. The summed E-state index contributed by atoms with van der Waals surface area (Å²) in [6.07, 6.45) is 4.74. The zero-order chi connectivity index (χ0) is 21.9. The highest BCUT2D eigenvalue weighted by Gasteiger charge is 2.32. The molecule has 5 rings (SSSR count). The molecule has 0 bridgehead atoms. The third-order valence-corrected chi connectivity index (χ3v) is 6.51. The molecule has 3 aromatic rings. The normalized spacial score (nSPS) is 22.0. The largest absolute Gasteiger partial charge is 0.480 e. The molecule has 2 saturated heterocycles. The number of hydrogen-bond donors (Lipinski definition) is 2. The fourth-order valence-corrected chi connectivity index (χ4v) is 4.62. The molecule has 8 heteroatoms. The molecule has 1 aromatic carbocycles. The van der Waals surface area contributed by atoms with Crippen molar-refractivity contribution in [1.82, 2.24) is 25.2 Å². The maximum atomic E-state index is 11.3. The van der Waals surface area contributed by atoms with Crippen LogP contribution in [0.4, 0.5) is 0 Å². The number of carbonyl (C=O) groups excluding carboxylic acids is 1. The Kier molecular flexibility index (Phi) is 6.16. The summed E-state index contributed by atoms with van der Waals surface area (Å²) in [5, 5.41) is 4.74. The highest BCUT2D eigenvalue weighted by atomic mass is 16.5. The lowest BCUT2D eigenvalue weighted by atomic mass is 9.95. The molecular formula is C24H29N5O3. The molecule has 2 atom stereocenters. The first-order valence-corrected chi connectivity index (χ1v) is 11.2. The van der Waals surface area contributed by atoms with Gasteiger partial charge in [0.05, 0.1) is 55.9 Å². The van der Waals surface area contributed by atoms with Gasteiger partial charge in [-0.25, -0.2) is 9.97 Å². The number of carbonyl (C=O) groups is 1. The molecule has 4 heterocycles. The first kappa shape index (κ1) is 21.1. The van der Waals surface area contributed by atoms with Crippen molar-refractivity contribution >= 4 is 17.2 Å². The second-order valence-electron chi connectivity index (χ2n) is 8.63. The van der Waals surface area contributed by atoms with Crippen LogP contribution in [0.2, 0.25) is 0 Å². The first-order valence-electron chi connectivity index (χ1n) is 11.2. The molecular weight excluding hydrogens is 406 g/mol. The lowest BCUT2D eigenvalue weighted by Crippen LogP contribution is -2.48. The number of likely N-dealkylation sites (tertiary alicyclic amines) is 1. The molecule has 0 saturated carbocycles. The number of nitrogens with zero attached hydrogens (tertiary/aromatic N) is 3. The number of aldehydes is 1. The Morgan fingerprint density at radius 2 is 2.22 bits per heavy atom. The predicted molar refractivity (Wildman–Crippen MR) is 122 cm³/mol. The van der Waals surface area contributed by atoms with Crippen molar-refractivity contribution in [2.24, 2.45) is 5.92 Å². The van der Waals surface area contributed by atoms with Crippen LogP contribution >= 0.6 is 0 Å². The molecule has 8 nitrogen and oxygen atoms in total. The number of hydrogen-bond acceptors (Lipinski definition) is 7. The van der Waals surface area contributed by atoms with Crippen molar-refractivity contribution in [2.75, 3.05) is 40.0 Å². The van der Waals surface area contributed by atoms with Crippen LogP contribution in [0.5, 0.6) is 5.88 Å². The van der Waals surface area contributed by atoms with E-state index in [2.05, 4.69) is 26.3 Å². The van der Waals surface area contributed by atoms with Gasteiger partial charge in [-0.2, -0.15) is 0 Å². The van der Waals surface area contributed by atoms with Crippen molar-refractivity contribution in [3.05, 3.63) is 42.4 Å². The number of piperidine rings is 1. The van der Waals surface area contributed by atoms with Crippen LogP contribution in [0.3, 0.4) is 0 Å². The van der Waals surface area contributed by atoms with Crippen LogP contribution in [0, 0.1) is 5.92 Å². The molecule has 0 spiro atoms. The summed E-state index contributed by atoms with van der Waals surface area (Å²) in [5.74, 6) is 2.05. The van der Waals surface area contributed by atoms with E-state index in [0.717, 1.165) is 73.4 Å². The van der Waals surface area contributed by atoms with E-state index >= 15 is 0 Å². The maximum absolute atomic E-state index is 11.3. The molecule has 168 valence electrons.